The number of benzene rings is 1. The molecule has 0 radical (unpaired) electrons. The normalized spacial score (nSPS) is 24.1. The average Bonchev–Trinajstić information content (AvgIpc) is 3.09. The minimum absolute atomic E-state index is 0.109. The van der Waals surface area contributed by atoms with E-state index in [9.17, 15) is 4.79 Å². The molecular formula is C19H29N3O2. The number of rotatable bonds is 4. The van der Waals surface area contributed by atoms with Crippen molar-refractivity contribution in [3.8, 4) is 5.75 Å². The molecule has 5 nitrogen and oxygen atoms in total. The molecule has 1 aromatic carbocycles. The summed E-state index contributed by atoms with van der Waals surface area (Å²) in [4.78, 5) is 16.8. The number of urea groups is 1. The summed E-state index contributed by atoms with van der Waals surface area (Å²) < 4.78 is 5.46. The third-order valence-corrected chi connectivity index (χ3v) is 5.32. The summed E-state index contributed by atoms with van der Waals surface area (Å²) in [6, 6.07) is 8.63. The lowest BCUT2D eigenvalue weighted by Gasteiger charge is -2.33. The highest BCUT2D eigenvalue weighted by Gasteiger charge is 2.27. The standard InChI is InChI=1S/C19H29N3O2/c1-15-7-5-6-11-22(15)19(23)20-13-16-10-12-21(14-16)17-8-3-4-9-18(17)24-2/h3-4,8-9,15-16H,5-7,10-14H2,1-2H3,(H,20,23)/t15-,16+/m1/s1. The lowest BCUT2D eigenvalue weighted by atomic mass is 10.0. The SMILES string of the molecule is COc1ccccc1N1CC[C@@H](CNC(=O)N2CCCC[C@H]2C)C1. The van der Waals surface area contributed by atoms with Crippen LogP contribution in [0.15, 0.2) is 24.3 Å². The van der Waals surface area contributed by atoms with Gasteiger partial charge in [-0.15, -0.1) is 0 Å². The average molecular weight is 331 g/mol. The quantitative estimate of drug-likeness (QED) is 0.922. The molecule has 1 aromatic rings. The number of amides is 2. The fraction of sp³-hybridized carbons (Fsp3) is 0.632. The number of methoxy groups -OCH3 is 1. The van der Waals surface area contributed by atoms with Gasteiger partial charge in [-0.3, -0.25) is 0 Å². The van der Waals surface area contributed by atoms with Gasteiger partial charge in [0.1, 0.15) is 5.75 Å². The van der Waals surface area contributed by atoms with Crippen LogP contribution in [0, 0.1) is 5.92 Å². The van der Waals surface area contributed by atoms with Gasteiger partial charge in [0.2, 0.25) is 0 Å². The Labute approximate surface area is 145 Å². The van der Waals surface area contributed by atoms with Gasteiger partial charge in [-0.05, 0) is 50.7 Å². The Morgan fingerprint density at radius 1 is 1.25 bits per heavy atom. The van der Waals surface area contributed by atoms with Crippen molar-refractivity contribution in [3.05, 3.63) is 24.3 Å². The summed E-state index contributed by atoms with van der Waals surface area (Å²) in [5, 5.41) is 3.15. The maximum absolute atomic E-state index is 12.4. The van der Waals surface area contributed by atoms with Crippen molar-refractivity contribution in [3.63, 3.8) is 0 Å². The molecule has 0 unspecified atom stereocenters. The van der Waals surface area contributed by atoms with Crippen LogP contribution in [0.4, 0.5) is 10.5 Å². The zero-order valence-electron chi connectivity index (χ0n) is 14.8. The van der Waals surface area contributed by atoms with E-state index in [0.29, 0.717) is 12.0 Å². The Hall–Kier alpha value is -1.91. The zero-order valence-corrected chi connectivity index (χ0v) is 14.8. The predicted octanol–water partition coefficient (Wildman–Crippen LogP) is 3.11. The number of hydrogen-bond acceptors (Lipinski definition) is 3. The first kappa shape index (κ1) is 16.9. The molecule has 2 saturated heterocycles. The first-order valence-corrected chi connectivity index (χ1v) is 9.11. The Morgan fingerprint density at radius 2 is 2.08 bits per heavy atom. The number of carbonyl (C=O) groups is 1. The Kier molecular flexibility index (Phi) is 5.48. The first-order valence-electron chi connectivity index (χ1n) is 9.11. The van der Waals surface area contributed by atoms with Crippen molar-refractivity contribution in [1.82, 2.24) is 10.2 Å². The van der Waals surface area contributed by atoms with Crippen molar-refractivity contribution in [2.75, 3.05) is 38.2 Å². The number of likely N-dealkylation sites (tertiary alicyclic amines) is 1. The van der Waals surface area contributed by atoms with Crippen LogP contribution < -0.4 is 15.0 Å². The zero-order chi connectivity index (χ0) is 16.9. The van der Waals surface area contributed by atoms with Crippen LogP contribution >= 0.6 is 0 Å². The van der Waals surface area contributed by atoms with Crippen LogP contribution in [-0.2, 0) is 0 Å². The lowest BCUT2D eigenvalue weighted by Crippen LogP contribution is -2.48. The van der Waals surface area contributed by atoms with Crippen LogP contribution in [0.3, 0.4) is 0 Å². The van der Waals surface area contributed by atoms with E-state index in [-0.39, 0.29) is 6.03 Å². The third-order valence-electron chi connectivity index (χ3n) is 5.32. The number of anilines is 1. The predicted molar refractivity (Wildman–Crippen MR) is 96.7 cm³/mol. The van der Waals surface area contributed by atoms with Crippen molar-refractivity contribution < 1.29 is 9.53 Å². The van der Waals surface area contributed by atoms with E-state index in [1.807, 2.05) is 23.1 Å². The molecule has 3 rings (SSSR count). The Balaban J connectivity index is 1.50. The second kappa shape index (κ2) is 7.77. The monoisotopic (exact) mass is 331 g/mol. The van der Waals surface area contributed by atoms with Gasteiger partial charge in [0.05, 0.1) is 12.8 Å². The molecular weight excluding hydrogens is 302 g/mol. The van der Waals surface area contributed by atoms with E-state index in [1.54, 1.807) is 7.11 Å². The number of hydrogen-bond donors (Lipinski definition) is 1. The number of nitrogens with one attached hydrogen (secondary N) is 1. The topological polar surface area (TPSA) is 44.8 Å². The van der Waals surface area contributed by atoms with Gasteiger partial charge in [0, 0.05) is 32.2 Å². The van der Waals surface area contributed by atoms with Gasteiger partial charge in [0.25, 0.3) is 0 Å². The lowest BCUT2D eigenvalue weighted by molar-refractivity contribution is 0.157. The minimum Gasteiger partial charge on any atom is -0.495 e. The summed E-state index contributed by atoms with van der Waals surface area (Å²) >= 11 is 0. The van der Waals surface area contributed by atoms with Crippen molar-refractivity contribution in [2.24, 2.45) is 5.92 Å². The van der Waals surface area contributed by atoms with Gasteiger partial charge >= 0.3 is 6.03 Å². The second-order valence-corrected chi connectivity index (χ2v) is 7.00. The summed E-state index contributed by atoms with van der Waals surface area (Å²) in [7, 11) is 1.71. The number of nitrogens with zero attached hydrogens (tertiary/aromatic N) is 2. The summed E-state index contributed by atoms with van der Waals surface area (Å²) in [6.45, 7) is 5.79. The van der Waals surface area contributed by atoms with Crippen molar-refractivity contribution in [2.45, 2.75) is 38.6 Å². The van der Waals surface area contributed by atoms with Gasteiger partial charge in [-0.2, -0.15) is 0 Å². The van der Waals surface area contributed by atoms with Crippen LogP contribution in [0.2, 0.25) is 0 Å². The molecule has 0 aliphatic carbocycles. The maximum Gasteiger partial charge on any atom is 0.317 e. The van der Waals surface area contributed by atoms with E-state index in [2.05, 4.69) is 23.2 Å². The molecule has 0 spiro atoms. The molecule has 2 aliphatic heterocycles. The molecule has 2 heterocycles. The third kappa shape index (κ3) is 3.77. The maximum atomic E-state index is 12.4. The number of ether oxygens (including phenoxy) is 1. The number of piperidine rings is 1. The van der Waals surface area contributed by atoms with E-state index < -0.39 is 0 Å². The molecule has 0 saturated carbocycles. The van der Waals surface area contributed by atoms with Crippen LogP contribution in [0.1, 0.15) is 32.6 Å². The van der Waals surface area contributed by atoms with Crippen LogP contribution in [-0.4, -0.2) is 50.3 Å². The molecule has 1 N–H and O–H groups in total. The molecule has 132 valence electrons. The summed E-state index contributed by atoms with van der Waals surface area (Å²) in [5.74, 6) is 1.42. The smallest absolute Gasteiger partial charge is 0.317 e. The molecule has 2 amide bonds. The summed E-state index contributed by atoms with van der Waals surface area (Å²) in [5.41, 5.74) is 1.15. The molecule has 2 aliphatic rings. The molecule has 2 fully saturated rings. The summed E-state index contributed by atoms with van der Waals surface area (Å²) in [6.07, 6.45) is 4.59. The van der Waals surface area contributed by atoms with E-state index in [1.165, 1.54) is 6.42 Å². The molecule has 5 heteroatoms. The highest BCUT2D eigenvalue weighted by atomic mass is 16.5. The Bertz CT molecular complexity index is 563. The number of carbonyl (C=O) groups excluding carboxylic acids is 1. The largest absolute Gasteiger partial charge is 0.495 e. The fourth-order valence-electron chi connectivity index (χ4n) is 3.84. The molecule has 0 bridgehead atoms. The van der Waals surface area contributed by atoms with E-state index in [0.717, 1.165) is 56.9 Å². The van der Waals surface area contributed by atoms with Crippen molar-refractivity contribution in [1.29, 1.82) is 0 Å². The van der Waals surface area contributed by atoms with Gasteiger partial charge in [-0.25, -0.2) is 4.79 Å². The Morgan fingerprint density at radius 3 is 2.88 bits per heavy atom. The first-order chi connectivity index (χ1) is 11.7. The minimum atomic E-state index is 0.109. The molecule has 0 aromatic heterocycles. The van der Waals surface area contributed by atoms with E-state index >= 15 is 0 Å². The molecule has 2 atom stereocenters. The second-order valence-electron chi connectivity index (χ2n) is 7.00. The highest BCUT2D eigenvalue weighted by Crippen LogP contribution is 2.31. The van der Waals surface area contributed by atoms with Gasteiger partial charge in [-0.1, -0.05) is 12.1 Å². The van der Waals surface area contributed by atoms with E-state index in [4.69, 9.17) is 4.74 Å². The fourth-order valence-corrected chi connectivity index (χ4v) is 3.84. The van der Waals surface area contributed by atoms with Crippen LogP contribution in [0.5, 0.6) is 5.75 Å². The molecule has 24 heavy (non-hydrogen) atoms. The van der Waals surface area contributed by atoms with Crippen molar-refractivity contribution >= 4 is 11.7 Å². The number of para-hydroxylation sites is 2. The highest BCUT2D eigenvalue weighted by molar-refractivity contribution is 5.74. The van der Waals surface area contributed by atoms with Gasteiger partial charge < -0.3 is 19.9 Å². The van der Waals surface area contributed by atoms with Gasteiger partial charge in [0.15, 0.2) is 0 Å². The van der Waals surface area contributed by atoms with Crippen LogP contribution in [0.25, 0.3) is 0 Å².